The van der Waals surface area contributed by atoms with Gasteiger partial charge in [-0.3, -0.25) is 0 Å². The number of H-pyrrole nitrogens is 1. The van der Waals surface area contributed by atoms with Crippen LogP contribution in [0.3, 0.4) is 0 Å². The molecule has 0 aliphatic rings. The number of carbonyl (C=O) groups is 1. The van der Waals surface area contributed by atoms with Crippen molar-refractivity contribution in [3.05, 3.63) is 93.5 Å². The maximum Gasteiger partial charge on any atom is 0.335 e. The average Bonchev–Trinajstić information content (AvgIpc) is 3.20. The third-order valence-corrected chi connectivity index (χ3v) is 5.27. The third-order valence-electron chi connectivity index (χ3n) is 4.65. The molecule has 0 fully saturated rings. The Balaban J connectivity index is 1.54. The summed E-state index contributed by atoms with van der Waals surface area (Å²) in [4.78, 5) is 18.4. The topological polar surface area (TPSA) is 99.0 Å². The number of aromatic carboxylic acids is 1. The van der Waals surface area contributed by atoms with Crippen molar-refractivity contribution in [3.63, 3.8) is 0 Å². The Morgan fingerprint density at radius 1 is 1.22 bits per heavy atom. The lowest BCUT2D eigenvalue weighted by atomic mass is 10.1. The van der Waals surface area contributed by atoms with Crippen molar-refractivity contribution in [2.75, 3.05) is 0 Å². The minimum Gasteiger partial charge on any atom is -0.488 e. The van der Waals surface area contributed by atoms with Crippen LogP contribution in [0, 0.1) is 17.1 Å². The third kappa shape index (κ3) is 4.68. The van der Waals surface area contributed by atoms with Crippen molar-refractivity contribution >= 4 is 44.6 Å². The Morgan fingerprint density at radius 3 is 2.81 bits per heavy atom. The van der Waals surface area contributed by atoms with E-state index in [9.17, 15) is 14.4 Å². The van der Waals surface area contributed by atoms with Crippen LogP contribution in [0.4, 0.5) is 4.39 Å². The number of carboxylic acids is 1. The number of rotatable bonds is 6. The first kappa shape index (κ1) is 21.3. The van der Waals surface area contributed by atoms with E-state index in [0.717, 1.165) is 11.1 Å². The molecule has 32 heavy (non-hydrogen) atoms. The van der Waals surface area contributed by atoms with Gasteiger partial charge in [-0.2, -0.15) is 5.26 Å². The molecule has 0 saturated heterocycles. The number of fused-ring (bicyclic) bond motifs is 1. The molecule has 1 aromatic heterocycles. The summed E-state index contributed by atoms with van der Waals surface area (Å²) in [5.41, 5.74) is 3.04. The first-order valence-corrected chi connectivity index (χ1v) is 10.2. The number of benzene rings is 3. The van der Waals surface area contributed by atoms with Crippen LogP contribution < -0.4 is 4.74 Å². The smallest absolute Gasteiger partial charge is 0.335 e. The van der Waals surface area contributed by atoms with Crippen LogP contribution in [0.25, 0.3) is 22.7 Å². The van der Waals surface area contributed by atoms with Gasteiger partial charge in [0.1, 0.15) is 30.1 Å². The number of hydrogen-bond donors (Lipinski definition) is 2. The lowest BCUT2D eigenvalue weighted by molar-refractivity contribution is 0.0696. The molecule has 0 radical (unpaired) electrons. The largest absolute Gasteiger partial charge is 0.488 e. The standard InChI is InChI=1S/C24H15BrFN3O3/c25-19-10-14(4-7-22(19)32-13-15-2-1-3-16(9-15)24(30)31)8-17(12-27)23-28-20-6-5-18(26)11-21(20)29-23/h1-11H,13H2,(H,28,29)(H,30,31)/b17-8-. The number of nitrogens with one attached hydrogen (secondary N) is 1. The van der Waals surface area contributed by atoms with Crippen molar-refractivity contribution in [1.29, 1.82) is 5.26 Å². The van der Waals surface area contributed by atoms with Crippen molar-refractivity contribution in [1.82, 2.24) is 9.97 Å². The summed E-state index contributed by atoms with van der Waals surface area (Å²) in [5, 5.41) is 18.7. The van der Waals surface area contributed by atoms with Crippen LogP contribution in [0.15, 0.2) is 65.1 Å². The molecule has 0 unspecified atom stereocenters. The number of nitrogens with zero attached hydrogens (tertiary/aromatic N) is 2. The SMILES string of the molecule is N#C/C(=C/c1ccc(OCc2cccc(C(=O)O)c2)c(Br)c1)c1nc2ccc(F)cc2[nH]1. The number of carboxylic acid groups (broad SMARTS) is 1. The molecule has 6 nitrogen and oxygen atoms in total. The molecule has 0 bridgehead atoms. The van der Waals surface area contributed by atoms with Crippen LogP contribution in [0.1, 0.15) is 27.3 Å². The highest BCUT2D eigenvalue weighted by Gasteiger charge is 2.10. The summed E-state index contributed by atoms with van der Waals surface area (Å²) in [5.74, 6) is -0.458. The Morgan fingerprint density at radius 2 is 2.06 bits per heavy atom. The summed E-state index contributed by atoms with van der Waals surface area (Å²) in [7, 11) is 0. The lowest BCUT2D eigenvalue weighted by Gasteiger charge is -2.09. The number of nitriles is 1. The monoisotopic (exact) mass is 491 g/mol. The van der Waals surface area contributed by atoms with E-state index in [1.807, 2.05) is 0 Å². The van der Waals surface area contributed by atoms with Crippen LogP contribution in [0.2, 0.25) is 0 Å². The van der Waals surface area contributed by atoms with Crippen LogP contribution >= 0.6 is 15.9 Å². The normalized spacial score (nSPS) is 11.3. The zero-order valence-corrected chi connectivity index (χ0v) is 18.1. The molecule has 0 aliphatic heterocycles. The van der Waals surface area contributed by atoms with Crippen molar-refractivity contribution in [2.24, 2.45) is 0 Å². The summed E-state index contributed by atoms with van der Waals surface area (Å²) in [6, 6.07) is 18.2. The summed E-state index contributed by atoms with van der Waals surface area (Å²) >= 11 is 3.47. The van der Waals surface area contributed by atoms with E-state index in [1.54, 1.807) is 48.5 Å². The van der Waals surface area contributed by atoms with Gasteiger partial charge in [0, 0.05) is 0 Å². The maximum atomic E-state index is 13.4. The lowest BCUT2D eigenvalue weighted by Crippen LogP contribution is -2.00. The fourth-order valence-electron chi connectivity index (χ4n) is 3.11. The molecule has 8 heteroatoms. The second-order valence-corrected chi connectivity index (χ2v) is 7.76. The van der Waals surface area contributed by atoms with E-state index < -0.39 is 5.97 Å². The second-order valence-electron chi connectivity index (χ2n) is 6.90. The predicted octanol–water partition coefficient (Wildman–Crippen LogP) is 5.81. The van der Waals surface area contributed by atoms with Gasteiger partial charge in [-0.25, -0.2) is 14.2 Å². The highest BCUT2D eigenvalue weighted by Crippen LogP contribution is 2.29. The Kier molecular flexibility index (Phi) is 6.01. The second kappa shape index (κ2) is 9.04. The van der Waals surface area contributed by atoms with E-state index in [0.29, 0.717) is 32.7 Å². The van der Waals surface area contributed by atoms with Gasteiger partial charge in [0.15, 0.2) is 0 Å². The molecule has 4 aromatic rings. The van der Waals surface area contributed by atoms with Gasteiger partial charge in [0.05, 0.1) is 26.6 Å². The van der Waals surface area contributed by atoms with E-state index in [-0.39, 0.29) is 18.0 Å². The number of aromatic amines is 1. The van der Waals surface area contributed by atoms with E-state index >= 15 is 0 Å². The predicted molar refractivity (Wildman–Crippen MR) is 121 cm³/mol. The Labute approximate surface area is 190 Å². The molecule has 1 heterocycles. The van der Waals surface area contributed by atoms with Gasteiger partial charge in [-0.05, 0) is 75.6 Å². The summed E-state index contributed by atoms with van der Waals surface area (Å²) in [6.45, 7) is 0.202. The van der Waals surface area contributed by atoms with E-state index in [2.05, 4.69) is 32.0 Å². The molecule has 0 atom stereocenters. The fourth-order valence-corrected chi connectivity index (χ4v) is 3.62. The molecule has 0 aliphatic carbocycles. The number of imidazole rings is 1. The first-order valence-electron chi connectivity index (χ1n) is 9.45. The minimum atomic E-state index is -0.993. The zero-order valence-electron chi connectivity index (χ0n) is 16.5. The van der Waals surface area contributed by atoms with Crippen molar-refractivity contribution < 1.29 is 19.0 Å². The van der Waals surface area contributed by atoms with Gasteiger partial charge in [-0.1, -0.05) is 18.2 Å². The average molecular weight is 492 g/mol. The molecule has 0 saturated carbocycles. The zero-order chi connectivity index (χ0) is 22.7. The fraction of sp³-hybridized carbons (Fsp3) is 0.0417. The highest BCUT2D eigenvalue weighted by molar-refractivity contribution is 9.10. The van der Waals surface area contributed by atoms with E-state index in [1.165, 1.54) is 18.2 Å². The number of aromatic nitrogens is 2. The highest BCUT2D eigenvalue weighted by atomic mass is 79.9. The van der Waals surface area contributed by atoms with Crippen LogP contribution in [0.5, 0.6) is 5.75 Å². The van der Waals surface area contributed by atoms with Crippen LogP contribution in [-0.2, 0) is 6.61 Å². The summed E-state index contributed by atoms with van der Waals surface area (Å²) < 4.78 is 19.9. The number of hydrogen-bond acceptors (Lipinski definition) is 4. The van der Waals surface area contributed by atoms with Crippen molar-refractivity contribution in [3.8, 4) is 11.8 Å². The molecule has 0 spiro atoms. The molecule has 3 aromatic carbocycles. The van der Waals surface area contributed by atoms with E-state index in [4.69, 9.17) is 9.84 Å². The van der Waals surface area contributed by atoms with Gasteiger partial charge in [-0.15, -0.1) is 0 Å². The first-order chi connectivity index (χ1) is 15.4. The van der Waals surface area contributed by atoms with Gasteiger partial charge < -0.3 is 14.8 Å². The van der Waals surface area contributed by atoms with Gasteiger partial charge in [0.25, 0.3) is 0 Å². The molecule has 4 rings (SSSR count). The molecular formula is C24H15BrFN3O3. The van der Waals surface area contributed by atoms with Crippen LogP contribution in [-0.4, -0.2) is 21.0 Å². The van der Waals surface area contributed by atoms with Gasteiger partial charge >= 0.3 is 5.97 Å². The van der Waals surface area contributed by atoms with Gasteiger partial charge in [0.2, 0.25) is 0 Å². The molecule has 2 N–H and O–H groups in total. The minimum absolute atomic E-state index is 0.197. The summed E-state index contributed by atoms with van der Waals surface area (Å²) in [6.07, 6.45) is 1.67. The quantitative estimate of drug-likeness (QED) is 0.331. The van der Waals surface area contributed by atoms with Crippen molar-refractivity contribution in [2.45, 2.75) is 6.61 Å². The number of allylic oxidation sites excluding steroid dienone is 1. The maximum absolute atomic E-state index is 13.4. The number of halogens is 2. The Hall–Kier alpha value is -3.96. The Bertz CT molecular complexity index is 1410. The number of ether oxygens (including phenoxy) is 1. The molecule has 0 amide bonds. The molecular weight excluding hydrogens is 477 g/mol. The molecule has 158 valence electrons.